The highest BCUT2D eigenvalue weighted by atomic mass is 32.2. The van der Waals surface area contributed by atoms with E-state index in [2.05, 4.69) is 0 Å². The topological polar surface area (TPSA) is 57.2 Å². The second-order valence-corrected chi connectivity index (χ2v) is 11.7. The Kier molecular flexibility index (Phi) is 9.87. The first-order valence-corrected chi connectivity index (χ1v) is 14.0. The fraction of sp³-hybridized carbons (Fsp3) is 0.143. The molecule has 0 aliphatic rings. The molecule has 0 saturated carbocycles. The van der Waals surface area contributed by atoms with Gasteiger partial charge < -0.3 is 4.55 Å². The summed E-state index contributed by atoms with van der Waals surface area (Å²) in [6.45, 7) is 0. The lowest BCUT2D eigenvalue weighted by Crippen LogP contribution is -2.24. The van der Waals surface area contributed by atoms with Crippen molar-refractivity contribution in [1.82, 2.24) is 0 Å². The molecule has 0 radical (unpaired) electrons. The van der Waals surface area contributed by atoms with Crippen molar-refractivity contribution in [2.75, 3.05) is 0 Å². The minimum absolute atomic E-state index is 0.292. The predicted molar refractivity (Wildman–Crippen MR) is 137 cm³/mol. The average Bonchev–Trinajstić information content (AvgIpc) is 2.86. The summed E-state index contributed by atoms with van der Waals surface area (Å²) in [5.41, 5.74) is -5.70. The van der Waals surface area contributed by atoms with Crippen LogP contribution in [0.4, 0.5) is 26.3 Å². The molecule has 206 valence electrons. The SMILES string of the molecule is FC(F)(F)[S+](c1ccc(Cc2ccccc2)cc1)c1ccc(Cc2ccccc2)cc1.O=S(=O)([O-])C(F)(F)F. The number of benzene rings is 4. The van der Waals surface area contributed by atoms with Crippen LogP contribution < -0.4 is 0 Å². The van der Waals surface area contributed by atoms with Crippen molar-refractivity contribution in [3.8, 4) is 0 Å². The molecule has 0 aromatic heterocycles. The summed E-state index contributed by atoms with van der Waals surface area (Å²) >= 11 is 0. The number of rotatable bonds is 6. The minimum Gasteiger partial charge on any atom is -0.741 e. The lowest BCUT2D eigenvalue weighted by molar-refractivity contribution is -0.0518. The Hall–Kier alpha value is -3.28. The molecule has 4 aromatic carbocycles. The average molecular weight is 585 g/mol. The number of hydrogen-bond acceptors (Lipinski definition) is 3. The summed E-state index contributed by atoms with van der Waals surface area (Å²) in [6.07, 6.45) is 1.41. The number of alkyl halides is 6. The minimum atomic E-state index is -6.09. The lowest BCUT2D eigenvalue weighted by atomic mass is 10.1. The molecule has 0 spiro atoms. The normalized spacial score (nSPS) is 12.1. The van der Waals surface area contributed by atoms with E-state index in [0.717, 1.165) is 22.3 Å². The van der Waals surface area contributed by atoms with Crippen LogP contribution in [0.2, 0.25) is 0 Å². The quantitative estimate of drug-likeness (QED) is 0.102. The highest BCUT2D eigenvalue weighted by molar-refractivity contribution is 7.97. The molecule has 0 atom stereocenters. The Morgan fingerprint density at radius 3 is 1.08 bits per heavy atom. The third-order valence-corrected chi connectivity index (χ3v) is 7.85. The Morgan fingerprint density at radius 2 is 0.821 bits per heavy atom. The van der Waals surface area contributed by atoms with E-state index >= 15 is 0 Å². The third-order valence-electron chi connectivity index (χ3n) is 5.34. The lowest BCUT2D eigenvalue weighted by Gasteiger charge is -2.11. The van der Waals surface area contributed by atoms with Crippen LogP contribution >= 0.6 is 0 Å². The van der Waals surface area contributed by atoms with E-state index in [9.17, 15) is 26.3 Å². The van der Waals surface area contributed by atoms with Crippen LogP contribution in [-0.4, -0.2) is 24.0 Å². The Balaban J connectivity index is 0.000000459. The Bertz CT molecular complexity index is 1340. The Morgan fingerprint density at radius 1 is 0.538 bits per heavy atom. The maximum Gasteiger partial charge on any atom is 0.586 e. The molecule has 4 rings (SSSR count). The molecule has 0 saturated heterocycles. The van der Waals surface area contributed by atoms with Gasteiger partial charge in [0.2, 0.25) is 0 Å². The van der Waals surface area contributed by atoms with Gasteiger partial charge in [-0.25, -0.2) is 8.42 Å². The van der Waals surface area contributed by atoms with Gasteiger partial charge in [-0.15, -0.1) is 13.2 Å². The first kappa shape index (κ1) is 30.3. The van der Waals surface area contributed by atoms with Gasteiger partial charge in [0.15, 0.2) is 30.8 Å². The first-order chi connectivity index (χ1) is 18.2. The fourth-order valence-electron chi connectivity index (χ4n) is 3.55. The van der Waals surface area contributed by atoms with Crippen LogP contribution in [0, 0.1) is 0 Å². The van der Waals surface area contributed by atoms with Gasteiger partial charge in [-0.2, -0.15) is 13.2 Å². The van der Waals surface area contributed by atoms with Crippen LogP contribution in [0.5, 0.6) is 0 Å². The zero-order valence-corrected chi connectivity index (χ0v) is 21.7. The maximum absolute atomic E-state index is 14.0. The summed E-state index contributed by atoms with van der Waals surface area (Å²) in [5, 5.41) is 0. The molecule has 0 unspecified atom stereocenters. The molecule has 0 aliphatic heterocycles. The maximum atomic E-state index is 14.0. The van der Waals surface area contributed by atoms with Gasteiger partial charge in [-0.1, -0.05) is 84.9 Å². The largest absolute Gasteiger partial charge is 0.741 e. The van der Waals surface area contributed by atoms with E-state index in [1.807, 2.05) is 60.7 Å². The van der Waals surface area contributed by atoms with E-state index in [-0.39, 0.29) is 0 Å². The molecule has 0 aliphatic carbocycles. The van der Waals surface area contributed by atoms with Crippen LogP contribution in [-0.2, 0) is 33.9 Å². The smallest absolute Gasteiger partial charge is 0.586 e. The molecule has 0 heterocycles. The molecule has 11 heteroatoms. The zero-order valence-electron chi connectivity index (χ0n) is 20.1. The van der Waals surface area contributed by atoms with Crippen LogP contribution in [0.25, 0.3) is 0 Å². The standard InChI is InChI=1S/C27H22F3S.CHF3O3S/c28-27(29,30)31(25-15-11-23(12-16-25)19-21-7-3-1-4-8-21)26-17-13-24(14-18-26)20-22-9-5-2-6-10-22;2-1(3,4)8(5,6)7/h1-18H,19-20H2;(H,5,6,7)/q+1;/p-1. The summed E-state index contributed by atoms with van der Waals surface area (Å²) in [4.78, 5) is 0.584. The first-order valence-electron chi connectivity index (χ1n) is 11.3. The summed E-state index contributed by atoms with van der Waals surface area (Å²) in [6, 6.07) is 33.5. The van der Waals surface area contributed by atoms with E-state index in [1.165, 1.54) is 0 Å². The molecular weight excluding hydrogens is 562 g/mol. The second kappa shape index (κ2) is 12.7. The van der Waals surface area contributed by atoms with Gasteiger partial charge in [0.25, 0.3) is 0 Å². The highest BCUT2D eigenvalue weighted by Gasteiger charge is 2.54. The van der Waals surface area contributed by atoms with Crippen molar-refractivity contribution in [2.24, 2.45) is 0 Å². The van der Waals surface area contributed by atoms with Crippen molar-refractivity contribution in [1.29, 1.82) is 0 Å². The van der Waals surface area contributed by atoms with E-state index in [1.54, 1.807) is 48.5 Å². The number of halogens is 6. The molecule has 4 aromatic rings. The molecule has 3 nitrogen and oxygen atoms in total. The van der Waals surface area contributed by atoms with E-state index in [0.29, 0.717) is 22.6 Å². The predicted octanol–water partition coefficient (Wildman–Crippen LogP) is 7.48. The number of hydrogen-bond donors (Lipinski definition) is 0. The van der Waals surface area contributed by atoms with Gasteiger partial charge in [0, 0.05) is 0 Å². The monoisotopic (exact) mass is 584 g/mol. The van der Waals surface area contributed by atoms with Crippen LogP contribution in [0.15, 0.2) is 119 Å². The van der Waals surface area contributed by atoms with Crippen molar-refractivity contribution in [3.63, 3.8) is 0 Å². The fourth-order valence-corrected chi connectivity index (χ4v) is 5.18. The Labute approximate surface area is 225 Å². The van der Waals surface area contributed by atoms with Crippen LogP contribution in [0.1, 0.15) is 22.3 Å². The van der Waals surface area contributed by atoms with Gasteiger partial charge in [-0.05, 0) is 59.4 Å². The van der Waals surface area contributed by atoms with E-state index in [4.69, 9.17) is 13.0 Å². The van der Waals surface area contributed by atoms with E-state index < -0.39 is 32.0 Å². The van der Waals surface area contributed by atoms with Gasteiger partial charge in [0.1, 0.15) is 0 Å². The van der Waals surface area contributed by atoms with Gasteiger partial charge in [0.05, 0.1) is 0 Å². The second-order valence-electron chi connectivity index (χ2n) is 8.26. The molecule has 0 N–H and O–H groups in total. The molecule has 39 heavy (non-hydrogen) atoms. The van der Waals surface area contributed by atoms with Gasteiger partial charge in [-0.3, -0.25) is 0 Å². The van der Waals surface area contributed by atoms with Crippen LogP contribution in [0.3, 0.4) is 0 Å². The van der Waals surface area contributed by atoms with Gasteiger partial charge >= 0.3 is 11.0 Å². The molecule has 0 fully saturated rings. The third kappa shape index (κ3) is 9.15. The molecular formula is C28H22F6O3S2. The van der Waals surface area contributed by atoms with Crippen molar-refractivity contribution in [2.45, 2.75) is 33.6 Å². The van der Waals surface area contributed by atoms with Crippen molar-refractivity contribution in [3.05, 3.63) is 131 Å². The summed E-state index contributed by atoms with van der Waals surface area (Å²) < 4.78 is 101. The molecule has 0 bridgehead atoms. The zero-order chi connectivity index (χ0) is 28.7. The van der Waals surface area contributed by atoms with Crippen molar-refractivity contribution >= 4 is 21.0 Å². The molecule has 0 amide bonds. The summed E-state index contributed by atoms with van der Waals surface area (Å²) in [5.74, 6) is 0. The van der Waals surface area contributed by atoms with Crippen molar-refractivity contribution < 1.29 is 39.3 Å². The summed E-state index contributed by atoms with van der Waals surface area (Å²) in [7, 11) is -8.07. The highest BCUT2D eigenvalue weighted by Crippen LogP contribution is 2.38.